The average Bonchev–Trinajstić information content (AvgIpc) is 2.45. The molecule has 0 aliphatic heterocycles. The lowest BCUT2D eigenvalue weighted by molar-refractivity contribution is 0.170. The van der Waals surface area contributed by atoms with Gasteiger partial charge in [-0.2, -0.15) is 0 Å². The highest BCUT2D eigenvalue weighted by atomic mass is 16.5. The molecule has 0 amide bonds. The van der Waals surface area contributed by atoms with E-state index in [1.54, 1.807) is 14.2 Å². The van der Waals surface area contributed by atoms with Crippen LogP contribution in [0.2, 0.25) is 0 Å². The summed E-state index contributed by atoms with van der Waals surface area (Å²) in [6, 6.07) is 6.04. The van der Waals surface area contributed by atoms with Crippen molar-refractivity contribution in [2.24, 2.45) is 0 Å². The van der Waals surface area contributed by atoms with Gasteiger partial charge in [0.15, 0.2) is 11.5 Å². The van der Waals surface area contributed by atoms with Crippen molar-refractivity contribution in [2.45, 2.75) is 33.6 Å². The number of aryl methyl sites for hydroxylation is 1. The van der Waals surface area contributed by atoms with Crippen LogP contribution in [0.5, 0.6) is 11.5 Å². The summed E-state index contributed by atoms with van der Waals surface area (Å²) >= 11 is 0. The Bertz CT molecular complexity index is 311. The molecule has 0 atom stereocenters. The van der Waals surface area contributed by atoms with E-state index in [-0.39, 0.29) is 0 Å². The summed E-state index contributed by atoms with van der Waals surface area (Å²) in [5.41, 5.74) is 1.25. The van der Waals surface area contributed by atoms with Crippen LogP contribution in [0.15, 0.2) is 18.2 Å². The minimum absolute atomic E-state index is 0.650. The summed E-state index contributed by atoms with van der Waals surface area (Å²) in [7, 11) is 3.35. The second-order valence-electron chi connectivity index (χ2n) is 3.53. The topological polar surface area (TPSA) is 27.7 Å². The average molecular weight is 254 g/mol. The van der Waals surface area contributed by atoms with Crippen LogP contribution in [-0.4, -0.2) is 27.4 Å². The summed E-state index contributed by atoms with van der Waals surface area (Å²) in [6.07, 6.45) is 1.88. The number of hydrogen-bond acceptors (Lipinski definition) is 3. The Morgan fingerprint density at radius 1 is 1.00 bits per heavy atom. The lowest BCUT2D eigenvalue weighted by Crippen LogP contribution is -2.03. The Morgan fingerprint density at radius 3 is 2.28 bits per heavy atom. The van der Waals surface area contributed by atoms with Crippen molar-refractivity contribution in [1.82, 2.24) is 0 Å². The molecule has 1 aromatic carbocycles. The van der Waals surface area contributed by atoms with Gasteiger partial charge in [0, 0.05) is 20.1 Å². The van der Waals surface area contributed by atoms with E-state index in [0.717, 1.165) is 30.9 Å². The lowest BCUT2D eigenvalue weighted by Gasteiger charge is -2.11. The Hall–Kier alpha value is -1.22. The predicted molar refractivity (Wildman–Crippen MR) is 75.7 cm³/mol. The zero-order valence-electron chi connectivity index (χ0n) is 12.3. The van der Waals surface area contributed by atoms with E-state index in [0.29, 0.717) is 6.61 Å². The van der Waals surface area contributed by atoms with Gasteiger partial charge in [0.2, 0.25) is 0 Å². The van der Waals surface area contributed by atoms with Crippen molar-refractivity contribution in [3.8, 4) is 11.5 Å². The molecule has 104 valence electrons. The van der Waals surface area contributed by atoms with Crippen molar-refractivity contribution in [3.05, 3.63) is 23.8 Å². The van der Waals surface area contributed by atoms with E-state index in [2.05, 4.69) is 13.0 Å². The van der Waals surface area contributed by atoms with Crippen molar-refractivity contribution in [2.75, 3.05) is 27.4 Å². The molecule has 0 unspecified atom stereocenters. The van der Waals surface area contributed by atoms with Gasteiger partial charge in [0.25, 0.3) is 0 Å². The molecule has 0 heterocycles. The monoisotopic (exact) mass is 254 g/mol. The molecular formula is C15H26O3. The normalized spacial score (nSPS) is 9.39. The summed E-state index contributed by atoms with van der Waals surface area (Å²) in [5.74, 6) is 1.60. The van der Waals surface area contributed by atoms with Crippen molar-refractivity contribution in [3.63, 3.8) is 0 Å². The van der Waals surface area contributed by atoms with Gasteiger partial charge in [-0.3, -0.25) is 0 Å². The minimum Gasteiger partial charge on any atom is -0.493 e. The Balaban J connectivity index is 0.00000137. The zero-order valence-corrected chi connectivity index (χ0v) is 12.3. The summed E-state index contributed by atoms with van der Waals surface area (Å²) in [5, 5.41) is 0. The fraction of sp³-hybridized carbons (Fsp3) is 0.600. The minimum atomic E-state index is 0.650. The number of benzene rings is 1. The quantitative estimate of drug-likeness (QED) is 0.694. The van der Waals surface area contributed by atoms with Crippen LogP contribution >= 0.6 is 0 Å². The maximum absolute atomic E-state index is 5.67. The first-order valence-corrected chi connectivity index (χ1v) is 6.60. The molecule has 0 N–H and O–H groups in total. The van der Waals surface area contributed by atoms with E-state index in [1.807, 2.05) is 26.0 Å². The SMILES string of the molecule is CC.CCc1ccc(OC)c(OCCCOC)c1. The highest BCUT2D eigenvalue weighted by Crippen LogP contribution is 2.28. The second kappa shape index (κ2) is 10.9. The van der Waals surface area contributed by atoms with E-state index < -0.39 is 0 Å². The van der Waals surface area contributed by atoms with Crippen molar-refractivity contribution in [1.29, 1.82) is 0 Å². The maximum Gasteiger partial charge on any atom is 0.161 e. The zero-order chi connectivity index (χ0) is 13.8. The third-order valence-corrected chi connectivity index (χ3v) is 2.39. The molecule has 0 spiro atoms. The molecule has 0 aromatic heterocycles. The molecule has 3 nitrogen and oxygen atoms in total. The van der Waals surface area contributed by atoms with Gasteiger partial charge in [0.05, 0.1) is 13.7 Å². The van der Waals surface area contributed by atoms with Gasteiger partial charge in [0.1, 0.15) is 0 Å². The number of methoxy groups -OCH3 is 2. The molecule has 1 rings (SSSR count). The first-order chi connectivity index (χ1) is 8.81. The third-order valence-electron chi connectivity index (χ3n) is 2.39. The molecule has 1 aromatic rings. The molecule has 3 heteroatoms. The van der Waals surface area contributed by atoms with Crippen LogP contribution in [0.3, 0.4) is 0 Å². The van der Waals surface area contributed by atoms with Crippen LogP contribution in [0.1, 0.15) is 32.8 Å². The summed E-state index contributed by atoms with van der Waals surface area (Å²) in [6.45, 7) is 7.49. The predicted octanol–water partition coefficient (Wildman–Crippen LogP) is 3.70. The van der Waals surface area contributed by atoms with E-state index in [9.17, 15) is 0 Å². The third kappa shape index (κ3) is 5.92. The second-order valence-corrected chi connectivity index (χ2v) is 3.53. The Labute approximate surface area is 111 Å². The van der Waals surface area contributed by atoms with Crippen LogP contribution in [-0.2, 0) is 11.2 Å². The smallest absolute Gasteiger partial charge is 0.161 e. The van der Waals surface area contributed by atoms with Gasteiger partial charge in [-0.05, 0) is 24.1 Å². The fourth-order valence-corrected chi connectivity index (χ4v) is 1.44. The highest BCUT2D eigenvalue weighted by molar-refractivity contribution is 5.42. The van der Waals surface area contributed by atoms with Crippen LogP contribution in [0.25, 0.3) is 0 Å². The van der Waals surface area contributed by atoms with Gasteiger partial charge in [-0.15, -0.1) is 0 Å². The van der Waals surface area contributed by atoms with Gasteiger partial charge in [-0.1, -0.05) is 26.8 Å². The van der Waals surface area contributed by atoms with Gasteiger partial charge >= 0.3 is 0 Å². The molecule has 0 aliphatic rings. The summed E-state index contributed by atoms with van der Waals surface area (Å²) in [4.78, 5) is 0. The van der Waals surface area contributed by atoms with Crippen LogP contribution in [0.4, 0.5) is 0 Å². The number of hydrogen-bond donors (Lipinski definition) is 0. The molecule has 0 saturated carbocycles. The van der Waals surface area contributed by atoms with E-state index in [1.165, 1.54) is 5.56 Å². The first-order valence-electron chi connectivity index (χ1n) is 6.60. The molecule has 18 heavy (non-hydrogen) atoms. The van der Waals surface area contributed by atoms with Gasteiger partial charge in [-0.25, -0.2) is 0 Å². The van der Waals surface area contributed by atoms with E-state index in [4.69, 9.17) is 14.2 Å². The van der Waals surface area contributed by atoms with Crippen molar-refractivity contribution >= 4 is 0 Å². The van der Waals surface area contributed by atoms with Crippen LogP contribution in [0, 0.1) is 0 Å². The molecule has 0 bridgehead atoms. The fourth-order valence-electron chi connectivity index (χ4n) is 1.44. The molecule has 0 radical (unpaired) electrons. The molecular weight excluding hydrogens is 228 g/mol. The Kier molecular flexibility index (Phi) is 10.2. The largest absolute Gasteiger partial charge is 0.493 e. The van der Waals surface area contributed by atoms with Crippen molar-refractivity contribution < 1.29 is 14.2 Å². The lowest BCUT2D eigenvalue weighted by atomic mass is 10.1. The molecule has 0 aliphatic carbocycles. The standard InChI is InChI=1S/C13H20O3.C2H6/c1-4-11-6-7-12(15-3)13(10-11)16-9-5-8-14-2;1-2/h6-7,10H,4-5,8-9H2,1-3H3;1-2H3. The van der Waals surface area contributed by atoms with E-state index >= 15 is 0 Å². The maximum atomic E-state index is 5.67. The highest BCUT2D eigenvalue weighted by Gasteiger charge is 2.04. The van der Waals surface area contributed by atoms with Crippen LogP contribution < -0.4 is 9.47 Å². The Morgan fingerprint density at radius 2 is 1.72 bits per heavy atom. The molecule has 0 saturated heterocycles. The summed E-state index contributed by atoms with van der Waals surface area (Å²) < 4.78 is 15.9. The first kappa shape index (κ1) is 16.8. The number of rotatable bonds is 7. The molecule has 0 fully saturated rings. The number of ether oxygens (including phenoxy) is 3. The van der Waals surface area contributed by atoms with Gasteiger partial charge < -0.3 is 14.2 Å².